The van der Waals surface area contributed by atoms with Crippen LogP contribution in [-0.4, -0.2) is 26.2 Å². The normalized spacial score (nSPS) is 16.2. The van der Waals surface area contributed by atoms with E-state index in [0.29, 0.717) is 0 Å². The molecule has 0 aliphatic heterocycles. The van der Waals surface area contributed by atoms with Gasteiger partial charge in [-0.2, -0.15) is 0 Å². The summed E-state index contributed by atoms with van der Waals surface area (Å²) < 4.78 is 5.12. The average molecular weight is 279 g/mol. The monoisotopic (exact) mass is 279 g/mol. The molecule has 1 amide bonds. The number of ether oxygens (including phenoxy) is 1. The molecule has 1 saturated carbocycles. The third-order valence-electron chi connectivity index (χ3n) is 3.88. The minimum absolute atomic E-state index is 0.00269. The number of nitrogens with one attached hydrogen (secondary N) is 1. The predicted octanol–water partition coefficient (Wildman–Crippen LogP) is 2.83. The number of hydrogen-bond acceptors (Lipinski definition) is 3. The van der Waals surface area contributed by atoms with Crippen LogP contribution in [0.2, 0.25) is 0 Å². The molecule has 1 aromatic carbocycles. The number of rotatable bonds is 6. The predicted molar refractivity (Wildman–Crippen MR) is 78.9 cm³/mol. The van der Waals surface area contributed by atoms with Gasteiger partial charge >= 0.3 is 0 Å². The zero-order valence-corrected chi connectivity index (χ0v) is 12.4. The summed E-state index contributed by atoms with van der Waals surface area (Å²) in [6.45, 7) is 3.45. The lowest BCUT2D eigenvalue weighted by atomic mass is 10.0. The summed E-state index contributed by atoms with van der Waals surface area (Å²) in [5.41, 5.74) is 1.98. The van der Waals surface area contributed by atoms with Gasteiger partial charge in [0.1, 0.15) is 0 Å². The molecule has 0 unspecified atom stereocenters. The van der Waals surface area contributed by atoms with Gasteiger partial charge in [0.2, 0.25) is 0 Å². The lowest BCUT2D eigenvalue weighted by Crippen LogP contribution is -2.31. The fourth-order valence-electron chi connectivity index (χ4n) is 2.23. The Kier molecular flexibility index (Phi) is 4.53. The van der Waals surface area contributed by atoms with Gasteiger partial charge in [0.15, 0.2) is 0 Å². The third-order valence-corrected chi connectivity index (χ3v) is 4.16. The summed E-state index contributed by atoms with van der Waals surface area (Å²) in [6.07, 6.45) is 3.39. The summed E-state index contributed by atoms with van der Waals surface area (Å²) >= 11 is 4.28. The van der Waals surface area contributed by atoms with Crippen LogP contribution in [0.1, 0.15) is 35.2 Å². The van der Waals surface area contributed by atoms with E-state index >= 15 is 0 Å². The SMILES string of the molecule is COCCC1(CNC(=O)c2cc(S)ccc2C)CC1. The molecule has 0 atom stereocenters. The van der Waals surface area contributed by atoms with Crippen LogP contribution in [0, 0.1) is 12.3 Å². The third kappa shape index (κ3) is 3.74. The molecule has 3 nitrogen and oxygen atoms in total. The molecule has 4 heteroatoms. The maximum Gasteiger partial charge on any atom is 0.251 e. The minimum Gasteiger partial charge on any atom is -0.385 e. The van der Waals surface area contributed by atoms with Crippen LogP contribution in [-0.2, 0) is 4.74 Å². The van der Waals surface area contributed by atoms with Crippen LogP contribution in [0.25, 0.3) is 0 Å². The standard InChI is InChI=1S/C15H21NO2S/c1-11-3-4-12(19)9-13(11)14(17)16-10-15(5-6-15)7-8-18-2/h3-4,9,19H,5-8,10H2,1-2H3,(H,16,17). The van der Waals surface area contributed by atoms with Gasteiger partial charge in [-0.05, 0) is 49.3 Å². The number of aryl methyl sites for hydroxylation is 1. The molecule has 0 heterocycles. The van der Waals surface area contributed by atoms with Crippen molar-refractivity contribution in [3.63, 3.8) is 0 Å². The van der Waals surface area contributed by atoms with E-state index in [0.717, 1.165) is 35.6 Å². The number of benzene rings is 1. The van der Waals surface area contributed by atoms with Gasteiger partial charge in [0.25, 0.3) is 5.91 Å². The van der Waals surface area contributed by atoms with Crippen molar-refractivity contribution >= 4 is 18.5 Å². The average Bonchev–Trinajstić information content (AvgIpc) is 3.17. The van der Waals surface area contributed by atoms with E-state index in [2.05, 4.69) is 17.9 Å². The Morgan fingerprint density at radius 3 is 2.84 bits per heavy atom. The van der Waals surface area contributed by atoms with Crippen LogP contribution in [0.4, 0.5) is 0 Å². The number of carbonyl (C=O) groups excluding carboxylic acids is 1. The van der Waals surface area contributed by atoms with Gasteiger partial charge in [0.05, 0.1) is 0 Å². The van der Waals surface area contributed by atoms with E-state index in [1.807, 2.05) is 25.1 Å². The van der Waals surface area contributed by atoms with Crippen molar-refractivity contribution in [1.82, 2.24) is 5.32 Å². The second-order valence-corrected chi connectivity index (χ2v) is 5.94. The van der Waals surface area contributed by atoms with E-state index < -0.39 is 0 Å². The number of methoxy groups -OCH3 is 1. The van der Waals surface area contributed by atoms with E-state index in [-0.39, 0.29) is 11.3 Å². The quantitative estimate of drug-likeness (QED) is 0.786. The molecular formula is C15H21NO2S. The summed E-state index contributed by atoms with van der Waals surface area (Å²) in [6, 6.07) is 5.65. The van der Waals surface area contributed by atoms with Crippen molar-refractivity contribution in [3.8, 4) is 0 Å². The lowest BCUT2D eigenvalue weighted by Gasteiger charge is -2.16. The highest BCUT2D eigenvalue weighted by Crippen LogP contribution is 2.48. The van der Waals surface area contributed by atoms with E-state index in [9.17, 15) is 4.79 Å². The molecule has 0 spiro atoms. The zero-order chi connectivity index (χ0) is 13.9. The van der Waals surface area contributed by atoms with Gasteiger partial charge in [-0.1, -0.05) is 6.07 Å². The largest absolute Gasteiger partial charge is 0.385 e. The van der Waals surface area contributed by atoms with Crippen molar-refractivity contribution in [1.29, 1.82) is 0 Å². The van der Waals surface area contributed by atoms with E-state index in [1.54, 1.807) is 7.11 Å². The summed E-state index contributed by atoms with van der Waals surface area (Å²) in [7, 11) is 1.72. The second-order valence-electron chi connectivity index (χ2n) is 5.42. The van der Waals surface area contributed by atoms with E-state index in [4.69, 9.17) is 4.74 Å². The smallest absolute Gasteiger partial charge is 0.251 e. The van der Waals surface area contributed by atoms with Gasteiger partial charge in [-0.3, -0.25) is 4.79 Å². The molecule has 104 valence electrons. The van der Waals surface area contributed by atoms with Crippen LogP contribution in [0.3, 0.4) is 0 Å². The number of amides is 1. The fourth-order valence-corrected chi connectivity index (χ4v) is 2.43. The van der Waals surface area contributed by atoms with Crippen LogP contribution in [0.5, 0.6) is 0 Å². The summed E-state index contributed by atoms with van der Waals surface area (Å²) in [5.74, 6) is -0.00269. The molecule has 0 radical (unpaired) electrons. The first-order chi connectivity index (χ1) is 9.06. The number of hydrogen-bond donors (Lipinski definition) is 2. The molecule has 1 fully saturated rings. The first-order valence-electron chi connectivity index (χ1n) is 6.63. The molecule has 19 heavy (non-hydrogen) atoms. The second kappa shape index (κ2) is 5.97. The van der Waals surface area contributed by atoms with Gasteiger partial charge in [-0.15, -0.1) is 12.6 Å². The Morgan fingerprint density at radius 1 is 1.47 bits per heavy atom. The molecule has 0 bridgehead atoms. The first kappa shape index (κ1) is 14.4. The highest BCUT2D eigenvalue weighted by Gasteiger charge is 2.42. The van der Waals surface area contributed by atoms with Gasteiger partial charge in [0, 0.05) is 30.7 Å². The number of thiol groups is 1. The summed E-state index contributed by atoms with van der Waals surface area (Å²) in [5, 5.41) is 3.05. The lowest BCUT2D eigenvalue weighted by molar-refractivity contribution is 0.0937. The highest BCUT2D eigenvalue weighted by molar-refractivity contribution is 7.80. The van der Waals surface area contributed by atoms with Crippen molar-refractivity contribution in [2.75, 3.05) is 20.3 Å². The minimum atomic E-state index is -0.00269. The van der Waals surface area contributed by atoms with Crippen molar-refractivity contribution in [3.05, 3.63) is 29.3 Å². The fraction of sp³-hybridized carbons (Fsp3) is 0.533. The van der Waals surface area contributed by atoms with Crippen molar-refractivity contribution < 1.29 is 9.53 Å². The Labute approximate surface area is 120 Å². The summed E-state index contributed by atoms with van der Waals surface area (Å²) in [4.78, 5) is 13.0. The van der Waals surface area contributed by atoms with Crippen molar-refractivity contribution in [2.45, 2.75) is 31.1 Å². The molecule has 2 rings (SSSR count). The van der Waals surface area contributed by atoms with Crippen LogP contribution in [0.15, 0.2) is 23.1 Å². The Hall–Kier alpha value is -1.00. The molecule has 1 N–H and O–H groups in total. The van der Waals surface area contributed by atoms with Crippen LogP contribution < -0.4 is 5.32 Å². The highest BCUT2D eigenvalue weighted by atomic mass is 32.1. The molecule has 1 aliphatic carbocycles. The van der Waals surface area contributed by atoms with Gasteiger partial charge in [-0.25, -0.2) is 0 Å². The van der Waals surface area contributed by atoms with Crippen molar-refractivity contribution in [2.24, 2.45) is 5.41 Å². The molecule has 1 aromatic rings. The zero-order valence-electron chi connectivity index (χ0n) is 11.5. The molecule has 0 saturated heterocycles. The Bertz CT molecular complexity index is 469. The maximum atomic E-state index is 12.2. The topological polar surface area (TPSA) is 38.3 Å². The molecule has 0 aromatic heterocycles. The van der Waals surface area contributed by atoms with Crippen LogP contribution >= 0.6 is 12.6 Å². The Balaban J connectivity index is 1.93. The maximum absolute atomic E-state index is 12.2. The van der Waals surface area contributed by atoms with E-state index in [1.165, 1.54) is 12.8 Å². The Morgan fingerprint density at radius 2 is 2.21 bits per heavy atom. The molecular weight excluding hydrogens is 258 g/mol. The first-order valence-corrected chi connectivity index (χ1v) is 7.08. The molecule has 1 aliphatic rings. The number of carbonyl (C=O) groups is 1. The van der Waals surface area contributed by atoms with Gasteiger partial charge < -0.3 is 10.1 Å².